The second kappa shape index (κ2) is 9.58. The first-order chi connectivity index (χ1) is 14.4. The molecule has 0 aliphatic carbocycles. The van der Waals surface area contributed by atoms with Gasteiger partial charge >= 0.3 is 0 Å². The minimum Gasteiger partial charge on any atom is -0.219 e. The Morgan fingerprint density at radius 3 is 2.14 bits per heavy atom. The summed E-state index contributed by atoms with van der Waals surface area (Å²) in [4.78, 5) is 9.52. The summed E-state index contributed by atoms with van der Waals surface area (Å²) in [5, 5.41) is 2.80. The fourth-order valence-corrected chi connectivity index (χ4v) is 3.55. The van der Waals surface area contributed by atoms with Gasteiger partial charge in [-0.25, -0.2) is 9.98 Å². The van der Waals surface area contributed by atoms with Gasteiger partial charge in [-0.15, -0.1) is 11.3 Å². The van der Waals surface area contributed by atoms with E-state index < -0.39 is 0 Å². The van der Waals surface area contributed by atoms with Gasteiger partial charge in [-0.1, -0.05) is 109 Å². The molecule has 0 atom stereocenters. The number of thiazole rings is 1. The lowest BCUT2D eigenvalue weighted by Gasteiger charge is -2.00. The maximum Gasteiger partial charge on any atom is 0.210 e. The summed E-state index contributed by atoms with van der Waals surface area (Å²) in [6.45, 7) is 0. The van der Waals surface area contributed by atoms with Crippen LogP contribution in [0.5, 0.6) is 0 Å². The largest absolute Gasteiger partial charge is 0.219 e. The summed E-state index contributed by atoms with van der Waals surface area (Å²) >= 11 is 1.55. The van der Waals surface area contributed by atoms with E-state index >= 15 is 0 Å². The molecule has 3 heteroatoms. The number of benzene rings is 3. The Kier molecular flexibility index (Phi) is 6.21. The van der Waals surface area contributed by atoms with Gasteiger partial charge in [-0.3, -0.25) is 0 Å². The Morgan fingerprint density at radius 2 is 1.41 bits per heavy atom. The average Bonchev–Trinajstić information content (AvgIpc) is 3.26. The van der Waals surface area contributed by atoms with Crippen LogP contribution in [0.25, 0.3) is 17.3 Å². The predicted molar refractivity (Wildman–Crippen MR) is 125 cm³/mol. The minimum atomic E-state index is 0.749. The molecule has 0 unspecified atom stereocenters. The first-order valence-electron chi connectivity index (χ1n) is 9.43. The lowest BCUT2D eigenvalue weighted by molar-refractivity contribution is 1.35. The van der Waals surface area contributed by atoms with Crippen LogP contribution in [0, 0.1) is 0 Å². The Labute approximate surface area is 175 Å². The molecule has 0 saturated carbocycles. The van der Waals surface area contributed by atoms with Gasteiger partial charge in [0.05, 0.1) is 11.4 Å². The molecule has 1 heterocycles. The van der Waals surface area contributed by atoms with Crippen molar-refractivity contribution in [2.24, 2.45) is 4.99 Å². The van der Waals surface area contributed by atoms with Crippen LogP contribution in [-0.2, 0) is 0 Å². The van der Waals surface area contributed by atoms with Crippen LogP contribution in [0.1, 0.15) is 11.1 Å². The molecule has 0 fully saturated rings. The molecule has 2 nitrogen and oxygen atoms in total. The van der Waals surface area contributed by atoms with E-state index in [0.717, 1.165) is 27.7 Å². The standard InChI is InChI=1S/C26H20N2S/c1-4-12-21(13-5-1)14-10-11-19-24(22-15-6-2-7-16-22)27-26-28-25(20-29-26)23-17-8-3-9-18-23/h1-20H. The highest BCUT2D eigenvalue weighted by molar-refractivity contribution is 7.13. The molecule has 0 aliphatic heterocycles. The number of hydrogen-bond donors (Lipinski definition) is 0. The molecule has 3 aromatic carbocycles. The van der Waals surface area contributed by atoms with E-state index in [9.17, 15) is 0 Å². The lowest BCUT2D eigenvalue weighted by atomic mass is 10.1. The summed E-state index contributed by atoms with van der Waals surface area (Å²) in [7, 11) is 0. The molecular weight excluding hydrogens is 372 g/mol. The van der Waals surface area contributed by atoms with Crippen molar-refractivity contribution in [2.75, 3.05) is 0 Å². The number of hydrogen-bond acceptors (Lipinski definition) is 3. The summed E-state index contributed by atoms with van der Waals surface area (Å²) in [5.74, 6) is 0. The van der Waals surface area contributed by atoms with Crippen molar-refractivity contribution in [1.29, 1.82) is 0 Å². The molecule has 1 aromatic heterocycles. The Hall–Kier alpha value is -3.56. The molecular formula is C26H20N2S. The van der Waals surface area contributed by atoms with Gasteiger partial charge in [0.25, 0.3) is 0 Å². The molecule has 29 heavy (non-hydrogen) atoms. The summed E-state index contributed by atoms with van der Waals surface area (Å²) in [5.41, 5.74) is 5.18. The lowest BCUT2D eigenvalue weighted by Crippen LogP contribution is -1.95. The second-order valence-corrected chi connectivity index (χ2v) is 7.21. The zero-order valence-corrected chi connectivity index (χ0v) is 16.7. The van der Waals surface area contributed by atoms with E-state index in [-0.39, 0.29) is 0 Å². The predicted octanol–water partition coefficient (Wildman–Crippen LogP) is 7.20. The average molecular weight is 393 g/mol. The zero-order chi connectivity index (χ0) is 19.7. The van der Waals surface area contributed by atoms with E-state index in [1.165, 1.54) is 5.56 Å². The van der Waals surface area contributed by atoms with Crippen molar-refractivity contribution < 1.29 is 0 Å². The number of nitrogens with zero attached hydrogens (tertiary/aromatic N) is 2. The highest BCUT2D eigenvalue weighted by Gasteiger charge is 2.05. The van der Waals surface area contributed by atoms with Crippen LogP contribution < -0.4 is 0 Å². The molecule has 0 N–H and O–H groups in total. The Morgan fingerprint density at radius 1 is 0.759 bits per heavy atom. The molecule has 4 aromatic rings. The highest BCUT2D eigenvalue weighted by atomic mass is 32.1. The van der Waals surface area contributed by atoms with Gasteiger partial charge < -0.3 is 0 Å². The van der Waals surface area contributed by atoms with E-state index in [2.05, 4.69) is 47.9 Å². The molecule has 0 amide bonds. The van der Waals surface area contributed by atoms with Crippen molar-refractivity contribution in [1.82, 2.24) is 4.98 Å². The summed E-state index contributed by atoms with van der Waals surface area (Å²) in [6, 6.07) is 30.6. The van der Waals surface area contributed by atoms with Crippen molar-refractivity contribution in [3.05, 3.63) is 126 Å². The zero-order valence-electron chi connectivity index (χ0n) is 15.8. The molecule has 0 spiro atoms. The molecule has 0 bridgehead atoms. The summed E-state index contributed by atoms with van der Waals surface area (Å²) < 4.78 is 0. The van der Waals surface area contributed by atoms with Gasteiger partial charge in [-0.05, 0) is 11.6 Å². The first-order valence-corrected chi connectivity index (χ1v) is 10.3. The third kappa shape index (κ3) is 5.24. The number of aromatic nitrogens is 1. The van der Waals surface area contributed by atoms with E-state index in [4.69, 9.17) is 9.98 Å². The monoisotopic (exact) mass is 392 g/mol. The van der Waals surface area contributed by atoms with E-state index in [0.29, 0.717) is 0 Å². The third-order valence-electron chi connectivity index (χ3n) is 4.30. The van der Waals surface area contributed by atoms with Crippen LogP contribution >= 0.6 is 11.3 Å². The first kappa shape index (κ1) is 18.8. The summed E-state index contributed by atoms with van der Waals surface area (Å²) in [6.07, 6.45) is 8.16. The second-order valence-electron chi connectivity index (χ2n) is 6.37. The molecule has 0 radical (unpaired) electrons. The topological polar surface area (TPSA) is 25.2 Å². The molecule has 0 aliphatic rings. The van der Waals surface area contributed by atoms with Crippen LogP contribution in [-0.4, -0.2) is 10.7 Å². The maximum atomic E-state index is 4.82. The van der Waals surface area contributed by atoms with E-state index in [1.807, 2.05) is 72.8 Å². The maximum absolute atomic E-state index is 4.82. The van der Waals surface area contributed by atoms with E-state index in [1.54, 1.807) is 11.3 Å². The molecule has 4 rings (SSSR count). The fourth-order valence-electron chi connectivity index (χ4n) is 2.84. The highest BCUT2D eigenvalue weighted by Crippen LogP contribution is 2.27. The SMILES string of the molecule is C(C=Cc1ccccc1)=CC(=Nc1nc(-c2ccccc2)cs1)c1ccccc1. The van der Waals surface area contributed by atoms with Crippen molar-refractivity contribution in [3.8, 4) is 11.3 Å². The minimum absolute atomic E-state index is 0.749. The van der Waals surface area contributed by atoms with Gasteiger partial charge in [0, 0.05) is 16.5 Å². The van der Waals surface area contributed by atoms with Crippen LogP contribution in [0.3, 0.4) is 0 Å². The Bertz CT molecular complexity index is 1130. The van der Waals surface area contributed by atoms with Gasteiger partial charge in [0.15, 0.2) is 0 Å². The molecule has 140 valence electrons. The number of rotatable bonds is 6. The van der Waals surface area contributed by atoms with Crippen molar-refractivity contribution >= 4 is 28.3 Å². The number of allylic oxidation sites excluding steroid dienone is 3. The van der Waals surface area contributed by atoms with Crippen LogP contribution in [0.4, 0.5) is 5.13 Å². The van der Waals surface area contributed by atoms with Crippen molar-refractivity contribution in [2.45, 2.75) is 0 Å². The van der Waals surface area contributed by atoms with Gasteiger partial charge in [-0.2, -0.15) is 0 Å². The number of aliphatic imine (C=N–C) groups is 1. The Balaban J connectivity index is 1.60. The fraction of sp³-hybridized carbons (Fsp3) is 0. The molecule has 0 saturated heterocycles. The van der Waals surface area contributed by atoms with Crippen LogP contribution in [0.2, 0.25) is 0 Å². The van der Waals surface area contributed by atoms with Gasteiger partial charge in [0.2, 0.25) is 5.13 Å². The van der Waals surface area contributed by atoms with Crippen molar-refractivity contribution in [3.63, 3.8) is 0 Å². The third-order valence-corrected chi connectivity index (χ3v) is 5.04. The smallest absolute Gasteiger partial charge is 0.210 e. The van der Waals surface area contributed by atoms with Gasteiger partial charge in [0.1, 0.15) is 0 Å². The van der Waals surface area contributed by atoms with Crippen LogP contribution in [0.15, 0.2) is 120 Å². The quantitative estimate of drug-likeness (QED) is 0.251. The normalized spacial score (nSPS) is 12.1.